The zero-order valence-electron chi connectivity index (χ0n) is 12.2. The van der Waals surface area contributed by atoms with E-state index in [-0.39, 0.29) is 11.9 Å². The number of benzene rings is 2. The van der Waals surface area contributed by atoms with Crippen molar-refractivity contribution in [2.75, 3.05) is 0 Å². The van der Waals surface area contributed by atoms with Gasteiger partial charge in [0.05, 0.1) is 6.04 Å². The SMILES string of the molecule is O=C(O)[C@@H]1Cc2c([nH]c3ccccc23)C(c2cccc(F)c2)N1. The van der Waals surface area contributed by atoms with E-state index in [2.05, 4.69) is 10.3 Å². The molecule has 0 amide bonds. The molecule has 23 heavy (non-hydrogen) atoms. The van der Waals surface area contributed by atoms with Crippen molar-refractivity contribution >= 4 is 16.9 Å². The van der Waals surface area contributed by atoms with E-state index < -0.39 is 12.0 Å². The molecule has 2 heterocycles. The van der Waals surface area contributed by atoms with Crippen molar-refractivity contribution < 1.29 is 14.3 Å². The lowest BCUT2D eigenvalue weighted by atomic mass is 9.90. The van der Waals surface area contributed by atoms with Crippen molar-refractivity contribution in [3.05, 3.63) is 71.2 Å². The minimum absolute atomic E-state index is 0.334. The summed E-state index contributed by atoms with van der Waals surface area (Å²) in [6.45, 7) is 0. The molecule has 1 aliphatic rings. The minimum Gasteiger partial charge on any atom is -0.480 e. The number of carboxylic acids is 1. The Morgan fingerprint density at radius 3 is 2.78 bits per heavy atom. The van der Waals surface area contributed by atoms with Crippen LogP contribution in [0.1, 0.15) is 22.9 Å². The number of fused-ring (bicyclic) bond motifs is 3. The Balaban J connectivity index is 1.91. The Morgan fingerprint density at radius 1 is 1.17 bits per heavy atom. The maximum atomic E-state index is 13.6. The van der Waals surface area contributed by atoms with Crippen LogP contribution < -0.4 is 5.32 Å². The normalized spacial score (nSPS) is 20.4. The number of carboxylic acid groups (broad SMARTS) is 1. The Labute approximate surface area is 132 Å². The lowest BCUT2D eigenvalue weighted by Gasteiger charge is -2.29. The summed E-state index contributed by atoms with van der Waals surface area (Å²) < 4.78 is 13.6. The second kappa shape index (κ2) is 5.21. The molecule has 0 bridgehead atoms. The van der Waals surface area contributed by atoms with Gasteiger partial charge in [-0.25, -0.2) is 4.39 Å². The zero-order valence-corrected chi connectivity index (χ0v) is 12.2. The first-order chi connectivity index (χ1) is 11.1. The molecule has 116 valence electrons. The van der Waals surface area contributed by atoms with Gasteiger partial charge in [0.2, 0.25) is 0 Å². The highest BCUT2D eigenvalue weighted by Gasteiger charge is 2.33. The summed E-state index contributed by atoms with van der Waals surface area (Å²) in [6, 6.07) is 13.0. The molecule has 1 aliphatic heterocycles. The number of hydrogen-bond acceptors (Lipinski definition) is 2. The molecular formula is C18H15FN2O2. The van der Waals surface area contributed by atoms with Crippen LogP contribution in [0.5, 0.6) is 0 Å². The van der Waals surface area contributed by atoms with Crippen molar-refractivity contribution in [2.45, 2.75) is 18.5 Å². The number of para-hydroxylation sites is 1. The second-order valence-corrected chi connectivity index (χ2v) is 5.81. The van der Waals surface area contributed by atoms with Gasteiger partial charge in [0.25, 0.3) is 0 Å². The topological polar surface area (TPSA) is 65.1 Å². The van der Waals surface area contributed by atoms with Gasteiger partial charge in [-0.15, -0.1) is 0 Å². The van der Waals surface area contributed by atoms with Crippen molar-refractivity contribution in [3.8, 4) is 0 Å². The molecule has 3 aromatic rings. The fraction of sp³-hybridized carbons (Fsp3) is 0.167. The molecule has 2 aromatic carbocycles. The van der Waals surface area contributed by atoms with Gasteiger partial charge in [0, 0.05) is 23.0 Å². The van der Waals surface area contributed by atoms with E-state index >= 15 is 0 Å². The second-order valence-electron chi connectivity index (χ2n) is 5.81. The third-order valence-electron chi connectivity index (χ3n) is 4.39. The van der Waals surface area contributed by atoms with E-state index in [1.807, 2.05) is 24.3 Å². The highest BCUT2D eigenvalue weighted by atomic mass is 19.1. The predicted molar refractivity (Wildman–Crippen MR) is 84.8 cm³/mol. The maximum absolute atomic E-state index is 13.6. The molecular weight excluding hydrogens is 295 g/mol. The number of halogens is 1. The predicted octanol–water partition coefficient (Wildman–Crippen LogP) is 3.00. The quantitative estimate of drug-likeness (QED) is 0.682. The summed E-state index contributed by atoms with van der Waals surface area (Å²) in [5.74, 6) is -1.23. The van der Waals surface area contributed by atoms with E-state index in [9.17, 15) is 14.3 Å². The van der Waals surface area contributed by atoms with Gasteiger partial charge in [-0.05, 0) is 29.3 Å². The molecule has 0 aliphatic carbocycles. The van der Waals surface area contributed by atoms with Crippen LogP contribution in [0.15, 0.2) is 48.5 Å². The van der Waals surface area contributed by atoms with Crippen LogP contribution in [0.25, 0.3) is 10.9 Å². The van der Waals surface area contributed by atoms with Gasteiger partial charge in [-0.2, -0.15) is 0 Å². The van der Waals surface area contributed by atoms with Crippen molar-refractivity contribution in [1.82, 2.24) is 10.3 Å². The van der Waals surface area contributed by atoms with Gasteiger partial charge in [0.1, 0.15) is 11.9 Å². The van der Waals surface area contributed by atoms with Crippen LogP contribution in [-0.4, -0.2) is 22.1 Å². The standard InChI is InChI=1S/C18H15FN2O2/c19-11-5-3-4-10(8-11)16-17-13(9-15(21-16)18(22)23)12-6-1-2-7-14(12)20-17/h1-8,15-16,20-21H,9H2,(H,22,23)/t15-,16?/m0/s1. The first-order valence-electron chi connectivity index (χ1n) is 7.47. The molecule has 4 nitrogen and oxygen atoms in total. The number of aromatic nitrogens is 1. The average Bonchev–Trinajstić information content (AvgIpc) is 2.92. The van der Waals surface area contributed by atoms with E-state index in [1.165, 1.54) is 12.1 Å². The maximum Gasteiger partial charge on any atom is 0.321 e. The molecule has 5 heteroatoms. The van der Waals surface area contributed by atoms with E-state index in [1.54, 1.807) is 12.1 Å². The number of aromatic amines is 1. The molecule has 0 saturated heterocycles. The number of aliphatic carboxylic acids is 1. The summed E-state index contributed by atoms with van der Waals surface area (Å²) in [4.78, 5) is 14.9. The van der Waals surface area contributed by atoms with Crippen LogP contribution in [0.2, 0.25) is 0 Å². The molecule has 3 N–H and O–H groups in total. The molecule has 0 radical (unpaired) electrons. The van der Waals surface area contributed by atoms with Crippen molar-refractivity contribution in [2.24, 2.45) is 0 Å². The van der Waals surface area contributed by atoms with Crippen molar-refractivity contribution in [1.29, 1.82) is 0 Å². The fourth-order valence-corrected chi connectivity index (χ4v) is 3.34. The highest BCUT2D eigenvalue weighted by Crippen LogP contribution is 2.35. The van der Waals surface area contributed by atoms with Gasteiger partial charge in [-0.3, -0.25) is 10.1 Å². The molecule has 4 rings (SSSR count). The van der Waals surface area contributed by atoms with Gasteiger partial charge in [0.15, 0.2) is 0 Å². The highest BCUT2D eigenvalue weighted by molar-refractivity contribution is 5.87. The first kappa shape index (κ1) is 14.0. The van der Waals surface area contributed by atoms with E-state index in [0.717, 1.165) is 22.2 Å². The number of H-pyrrole nitrogens is 1. The minimum atomic E-state index is -0.901. The molecule has 2 atom stereocenters. The molecule has 0 saturated carbocycles. The van der Waals surface area contributed by atoms with E-state index in [4.69, 9.17) is 0 Å². The van der Waals surface area contributed by atoms with Crippen LogP contribution >= 0.6 is 0 Å². The molecule has 0 spiro atoms. The number of hydrogen-bond donors (Lipinski definition) is 3. The van der Waals surface area contributed by atoms with Crippen LogP contribution in [0.4, 0.5) is 4.39 Å². The van der Waals surface area contributed by atoms with Crippen LogP contribution in [0, 0.1) is 5.82 Å². The monoisotopic (exact) mass is 310 g/mol. The fourth-order valence-electron chi connectivity index (χ4n) is 3.34. The van der Waals surface area contributed by atoms with Gasteiger partial charge < -0.3 is 10.1 Å². The molecule has 0 fully saturated rings. The third kappa shape index (κ3) is 2.29. The summed E-state index contributed by atoms with van der Waals surface area (Å²) in [7, 11) is 0. The summed E-state index contributed by atoms with van der Waals surface area (Å²) in [5, 5.41) is 13.6. The van der Waals surface area contributed by atoms with Crippen LogP contribution in [0.3, 0.4) is 0 Å². The largest absolute Gasteiger partial charge is 0.480 e. The number of nitrogens with one attached hydrogen (secondary N) is 2. The van der Waals surface area contributed by atoms with Crippen molar-refractivity contribution in [3.63, 3.8) is 0 Å². The first-order valence-corrected chi connectivity index (χ1v) is 7.47. The van der Waals surface area contributed by atoms with E-state index in [0.29, 0.717) is 12.0 Å². The summed E-state index contributed by atoms with van der Waals surface area (Å²) >= 11 is 0. The summed E-state index contributed by atoms with van der Waals surface area (Å²) in [5.41, 5.74) is 3.57. The molecule has 1 unspecified atom stereocenters. The smallest absolute Gasteiger partial charge is 0.321 e. The zero-order chi connectivity index (χ0) is 16.0. The molecule has 1 aromatic heterocycles. The Bertz CT molecular complexity index is 903. The average molecular weight is 310 g/mol. The third-order valence-corrected chi connectivity index (χ3v) is 4.39. The lowest BCUT2D eigenvalue weighted by molar-refractivity contribution is -0.139. The summed E-state index contributed by atoms with van der Waals surface area (Å²) in [6.07, 6.45) is 0.403. The Kier molecular flexibility index (Phi) is 3.16. The Hall–Kier alpha value is -2.66. The number of rotatable bonds is 2. The Morgan fingerprint density at radius 2 is 2.00 bits per heavy atom. The van der Waals surface area contributed by atoms with Gasteiger partial charge in [-0.1, -0.05) is 30.3 Å². The number of carbonyl (C=O) groups is 1. The lowest BCUT2D eigenvalue weighted by Crippen LogP contribution is -2.44. The van der Waals surface area contributed by atoms with Crippen LogP contribution in [-0.2, 0) is 11.2 Å². The van der Waals surface area contributed by atoms with Gasteiger partial charge >= 0.3 is 5.97 Å².